The highest BCUT2D eigenvalue weighted by Crippen LogP contribution is 2.23. The second-order valence-electron chi connectivity index (χ2n) is 9.19. The van der Waals surface area contributed by atoms with Crippen LogP contribution in [0, 0.1) is 24.8 Å². The van der Waals surface area contributed by atoms with Crippen LogP contribution < -0.4 is 10.6 Å². The van der Waals surface area contributed by atoms with Gasteiger partial charge in [0.15, 0.2) is 0 Å². The maximum absolute atomic E-state index is 13.8. The van der Waals surface area contributed by atoms with E-state index in [2.05, 4.69) is 27.3 Å². The Morgan fingerprint density at radius 1 is 1.00 bits per heavy atom. The lowest BCUT2D eigenvalue weighted by Crippen LogP contribution is -2.52. The van der Waals surface area contributed by atoms with Crippen molar-refractivity contribution in [3.05, 3.63) is 71.3 Å². The van der Waals surface area contributed by atoms with Gasteiger partial charge in [0.25, 0.3) is 5.91 Å². The van der Waals surface area contributed by atoms with Crippen LogP contribution in [0.5, 0.6) is 0 Å². The van der Waals surface area contributed by atoms with Gasteiger partial charge >= 0.3 is 12.1 Å². The zero-order valence-corrected chi connectivity index (χ0v) is 21.8. The summed E-state index contributed by atoms with van der Waals surface area (Å²) in [7, 11) is 1.18. The van der Waals surface area contributed by atoms with Crippen molar-refractivity contribution in [3.63, 3.8) is 0 Å². The van der Waals surface area contributed by atoms with E-state index in [-0.39, 0.29) is 6.42 Å². The monoisotopic (exact) mass is 517 g/mol. The minimum atomic E-state index is -1.34. The molecule has 38 heavy (non-hydrogen) atoms. The second-order valence-corrected chi connectivity index (χ2v) is 9.19. The maximum atomic E-state index is 13.8. The van der Waals surface area contributed by atoms with Crippen molar-refractivity contribution in [3.8, 4) is 24.8 Å². The molecule has 2 N–H and O–H groups in total. The highest BCUT2D eigenvalue weighted by Gasteiger charge is 2.36. The van der Waals surface area contributed by atoms with E-state index in [1.807, 2.05) is 6.07 Å². The van der Waals surface area contributed by atoms with E-state index in [1.54, 1.807) is 69.3 Å². The number of ether oxygens (including phenoxy) is 2. The summed E-state index contributed by atoms with van der Waals surface area (Å²) in [6, 6.07) is 15.0. The molecule has 0 saturated carbocycles. The molecule has 198 valence electrons. The minimum absolute atomic E-state index is 0.0730. The Labute approximate surface area is 222 Å². The number of rotatable bonds is 9. The number of nitrogens with one attached hydrogen (secondary N) is 2. The summed E-state index contributed by atoms with van der Waals surface area (Å²) in [4.78, 5) is 52.2. The van der Waals surface area contributed by atoms with Crippen molar-refractivity contribution in [1.29, 1.82) is 0 Å². The van der Waals surface area contributed by atoms with Crippen molar-refractivity contribution in [2.45, 2.75) is 44.9 Å². The molecular weight excluding hydrogens is 486 g/mol. The molecular formula is C29H31N3O6. The van der Waals surface area contributed by atoms with Gasteiger partial charge in [-0.1, -0.05) is 54.8 Å². The highest BCUT2D eigenvalue weighted by molar-refractivity contribution is 5.94. The van der Waals surface area contributed by atoms with Crippen LogP contribution in [0.3, 0.4) is 0 Å². The molecule has 0 spiro atoms. The van der Waals surface area contributed by atoms with Crippen molar-refractivity contribution in [2.24, 2.45) is 0 Å². The van der Waals surface area contributed by atoms with Crippen LogP contribution >= 0.6 is 0 Å². The molecule has 0 bridgehead atoms. The predicted molar refractivity (Wildman–Crippen MR) is 141 cm³/mol. The van der Waals surface area contributed by atoms with Gasteiger partial charge in [0.1, 0.15) is 24.2 Å². The Morgan fingerprint density at radius 2 is 1.63 bits per heavy atom. The fraction of sp³-hybridized carbons (Fsp3) is 0.310. The Kier molecular flexibility index (Phi) is 10.5. The molecule has 9 nitrogen and oxygen atoms in total. The molecule has 2 aromatic carbocycles. The molecule has 0 radical (unpaired) electrons. The molecule has 9 heteroatoms. The normalized spacial score (nSPS) is 12.1. The van der Waals surface area contributed by atoms with Gasteiger partial charge in [-0.15, -0.1) is 6.42 Å². The smallest absolute Gasteiger partial charge is 0.408 e. The highest BCUT2D eigenvalue weighted by atomic mass is 16.6. The maximum Gasteiger partial charge on any atom is 0.408 e. The Balaban J connectivity index is 2.47. The lowest BCUT2D eigenvalue weighted by Gasteiger charge is -2.30. The molecule has 0 heterocycles. The van der Waals surface area contributed by atoms with Crippen LogP contribution in [0.1, 0.15) is 43.5 Å². The van der Waals surface area contributed by atoms with Crippen LogP contribution in [0.25, 0.3) is 0 Å². The summed E-state index contributed by atoms with van der Waals surface area (Å²) in [6.07, 6.45) is 10.4. The third-order valence-electron chi connectivity index (χ3n) is 5.18. The third kappa shape index (κ3) is 8.72. The zero-order chi connectivity index (χ0) is 28.3. The molecule has 0 aromatic heterocycles. The van der Waals surface area contributed by atoms with Crippen LogP contribution in [0.4, 0.5) is 4.79 Å². The number of esters is 1. The molecule has 2 rings (SSSR count). The fourth-order valence-corrected chi connectivity index (χ4v) is 3.44. The number of alkyl carbamates (subject to hydrolysis) is 1. The average molecular weight is 518 g/mol. The zero-order valence-electron chi connectivity index (χ0n) is 21.8. The van der Waals surface area contributed by atoms with Crippen molar-refractivity contribution < 1.29 is 28.7 Å². The number of hydrogen-bond acceptors (Lipinski definition) is 6. The number of benzene rings is 2. The van der Waals surface area contributed by atoms with Crippen molar-refractivity contribution >= 4 is 23.9 Å². The first-order chi connectivity index (χ1) is 18.0. The molecule has 2 unspecified atom stereocenters. The van der Waals surface area contributed by atoms with E-state index >= 15 is 0 Å². The summed E-state index contributed by atoms with van der Waals surface area (Å²) in [5.74, 6) is 0.324. The number of nitrogens with zero attached hydrogens (tertiary/aromatic N) is 1. The Hall–Kier alpha value is -4.76. The Bertz CT molecular complexity index is 1220. The number of carbonyl (C=O) groups excluding carboxylic acids is 4. The number of terminal acetylenes is 2. The van der Waals surface area contributed by atoms with Gasteiger partial charge in [-0.3, -0.25) is 19.3 Å². The van der Waals surface area contributed by atoms with Crippen LogP contribution in [0.15, 0.2) is 54.6 Å². The lowest BCUT2D eigenvalue weighted by molar-refractivity contribution is -0.142. The van der Waals surface area contributed by atoms with Crippen molar-refractivity contribution in [1.82, 2.24) is 15.5 Å². The lowest BCUT2D eigenvalue weighted by atomic mass is 10.00. The quantitative estimate of drug-likeness (QED) is 0.300. The van der Waals surface area contributed by atoms with E-state index < -0.39 is 48.1 Å². The summed E-state index contributed by atoms with van der Waals surface area (Å²) in [5, 5.41) is 5.01. The van der Waals surface area contributed by atoms with Crippen LogP contribution in [-0.2, 0) is 30.3 Å². The molecule has 0 saturated heterocycles. The van der Waals surface area contributed by atoms with E-state index in [9.17, 15) is 19.2 Å². The predicted octanol–water partition coefficient (Wildman–Crippen LogP) is 2.55. The first-order valence-electron chi connectivity index (χ1n) is 11.7. The molecule has 0 aliphatic rings. The van der Waals surface area contributed by atoms with E-state index in [0.717, 1.165) is 10.5 Å². The van der Waals surface area contributed by atoms with Gasteiger partial charge in [0.2, 0.25) is 5.91 Å². The van der Waals surface area contributed by atoms with Gasteiger partial charge in [0.05, 0.1) is 7.11 Å². The largest absolute Gasteiger partial charge is 0.468 e. The summed E-state index contributed by atoms with van der Waals surface area (Å²) in [5.41, 5.74) is 0.817. The van der Waals surface area contributed by atoms with Gasteiger partial charge in [-0.2, -0.15) is 0 Å². The molecule has 2 atom stereocenters. The number of hydrogen-bond donors (Lipinski definition) is 2. The van der Waals surface area contributed by atoms with Gasteiger partial charge in [0, 0.05) is 18.0 Å². The van der Waals surface area contributed by atoms with Gasteiger partial charge in [-0.05, 0) is 44.0 Å². The summed E-state index contributed by atoms with van der Waals surface area (Å²) >= 11 is 0. The fourth-order valence-electron chi connectivity index (χ4n) is 3.44. The molecule has 3 amide bonds. The first-order valence-corrected chi connectivity index (χ1v) is 11.7. The summed E-state index contributed by atoms with van der Waals surface area (Å²) < 4.78 is 9.92. The standard InChI is InChI=1S/C29H31N3O6/c1-7-20-14-16-22(17-15-20)25(26(34)30-19-24(33)37-6)32(8-2)27(35)23(18-21-12-10-9-11-13-21)31-28(36)38-29(3,4)5/h1-2,9-17,23,25H,18-19H2,3-6H3,(H,30,34)(H,31,36). The topological polar surface area (TPSA) is 114 Å². The first kappa shape index (κ1) is 29.5. The van der Waals surface area contributed by atoms with Crippen LogP contribution in [-0.4, -0.2) is 54.1 Å². The third-order valence-corrected chi connectivity index (χ3v) is 5.18. The van der Waals surface area contributed by atoms with Crippen LogP contribution in [0.2, 0.25) is 0 Å². The van der Waals surface area contributed by atoms with E-state index in [0.29, 0.717) is 11.1 Å². The number of amides is 3. The number of carbonyl (C=O) groups is 4. The van der Waals surface area contributed by atoms with E-state index in [1.165, 1.54) is 7.11 Å². The molecule has 0 fully saturated rings. The van der Waals surface area contributed by atoms with Crippen molar-refractivity contribution in [2.75, 3.05) is 13.7 Å². The average Bonchev–Trinajstić information content (AvgIpc) is 2.89. The molecule has 0 aliphatic heterocycles. The van der Waals surface area contributed by atoms with Gasteiger partial charge in [-0.25, -0.2) is 4.79 Å². The summed E-state index contributed by atoms with van der Waals surface area (Å²) in [6.45, 7) is 4.63. The number of methoxy groups -OCH3 is 1. The SMILES string of the molecule is C#Cc1ccc(C(C(=O)NCC(=O)OC)N(C#C)C(=O)C(Cc2ccccc2)NC(=O)OC(C)(C)C)cc1. The molecule has 0 aliphatic carbocycles. The minimum Gasteiger partial charge on any atom is -0.468 e. The Morgan fingerprint density at radius 3 is 2.16 bits per heavy atom. The molecule has 2 aromatic rings. The second kappa shape index (κ2) is 13.5. The van der Waals surface area contributed by atoms with Gasteiger partial charge < -0.3 is 20.1 Å². The van der Waals surface area contributed by atoms with E-state index in [4.69, 9.17) is 17.6 Å².